The summed E-state index contributed by atoms with van der Waals surface area (Å²) in [5.74, 6) is 0.551. The number of ether oxygens (including phenoxy) is 6. The number of nitrogens with zero attached hydrogens (tertiary/aromatic N) is 3. The standard InChI is InChI=1S/C22H41N3O6S.C19H40N2O4S/c1-17(2)24(9-10-30-13-14-31-12-11-29-6)16-22(3,4)32-18-15-20(27)25(21(18)28)8-7-19(26)23-5;1-17(2)21(9-10-24-13-14-25-12-11-23-6)16-19(3,4)26-15-7-8-18(22)20-5/h17-18H,7-16H2,1-6H3,(H,23,26);17H,7-16H2,1-6H3,(H,20,22). The highest BCUT2D eigenvalue weighted by molar-refractivity contribution is 8.02. The van der Waals surface area contributed by atoms with E-state index in [1.54, 1.807) is 28.3 Å². The predicted molar refractivity (Wildman–Crippen MR) is 236 cm³/mol. The SMILES string of the molecule is CNC(=O)CCCSC(C)(C)CN(CCOCCOCCOC)C(C)C.CNC(=O)CCN1C(=O)CC(SC(C)(C)CN(CCOCCOCCOC)C(C)C)C1=O. The van der Waals surface area contributed by atoms with Gasteiger partial charge in [-0.1, -0.05) is 0 Å². The number of carbonyl (C=O) groups is 4. The number of hydrogen-bond acceptors (Lipinski definition) is 14. The van der Waals surface area contributed by atoms with E-state index in [9.17, 15) is 19.2 Å². The molecule has 58 heavy (non-hydrogen) atoms. The Labute approximate surface area is 359 Å². The summed E-state index contributed by atoms with van der Waals surface area (Å²) in [7, 11) is 6.54. The van der Waals surface area contributed by atoms with Crippen molar-refractivity contribution in [3.05, 3.63) is 0 Å². The molecule has 0 aromatic heterocycles. The molecule has 2 N–H and O–H groups in total. The summed E-state index contributed by atoms with van der Waals surface area (Å²) in [4.78, 5) is 53.8. The molecule has 1 saturated heterocycles. The van der Waals surface area contributed by atoms with Crippen LogP contribution in [0.5, 0.6) is 0 Å². The number of amides is 4. The number of nitrogens with one attached hydrogen (secondary N) is 2. The lowest BCUT2D eigenvalue weighted by Gasteiger charge is -2.35. The Kier molecular flexibility index (Phi) is 32.3. The van der Waals surface area contributed by atoms with Crippen molar-refractivity contribution in [2.45, 2.75) is 108 Å². The summed E-state index contributed by atoms with van der Waals surface area (Å²) in [5.41, 5.74) is 0. The molecule has 1 aliphatic rings. The van der Waals surface area contributed by atoms with E-state index < -0.39 is 5.25 Å². The van der Waals surface area contributed by atoms with Gasteiger partial charge in [0, 0.05) is 102 Å². The van der Waals surface area contributed by atoms with Gasteiger partial charge >= 0.3 is 0 Å². The second-order valence-electron chi connectivity index (χ2n) is 15.8. The third-order valence-corrected chi connectivity index (χ3v) is 11.9. The summed E-state index contributed by atoms with van der Waals surface area (Å²) in [6.07, 6.45) is 1.84. The molecular weight excluding hydrogens is 787 g/mol. The molecule has 1 heterocycles. The topological polar surface area (TPSA) is 157 Å². The van der Waals surface area contributed by atoms with Crippen LogP contribution in [0.1, 0.15) is 81.1 Å². The predicted octanol–water partition coefficient (Wildman–Crippen LogP) is 3.57. The van der Waals surface area contributed by atoms with Crippen molar-refractivity contribution in [3.8, 4) is 0 Å². The summed E-state index contributed by atoms with van der Waals surface area (Å²) in [5, 5.41) is 4.78. The molecule has 0 aliphatic carbocycles. The smallest absolute Gasteiger partial charge is 0.242 e. The lowest BCUT2D eigenvalue weighted by molar-refractivity contribution is -0.138. The first-order chi connectivity index (χ1) is 27.4. The number of methoxy groups -OCH3 is 2. The molecule has 1 aliphatic heterocycles. The average Bonchev–Trinajstić information content (AvgIpc) is 3.42. The lowest BCUT2D eigenvalue weighted by atomic mass is 10.1. The maximum atomic E-state index is 12.8. The fourth-order valence-corrected chi connectivity index (χ4v) is 8.37. The van der Waals surface area contributed by atoms with Crippen LogP contribution in [-0.4, -0.2) is 198 Å². The van der Waals surface area contributed by atoms with E-state index in [1.165, 1.54) is 16.7 Å². The maximum Gasteiger partial charge on any atom is 0.242 e. The van der Waals surface area contributed by atoms with Gasteiger partial charge in [-0.2, -0.15) is 11.8 Å². The van der Waals surface area contributed by atoms with Gasteiger partial charge in [0.15, 0.2) is 0 Å². The zero-order chi connectivity index (χ0) is 44.0. The van der Waals surface area contributed by atoms with E-state index in [1.807, 2.05) is 11.8 Å². The number of hydrogen-bond donors (Lipinski definition) is 2. The summed E-state index contributed by atoms with van der Waals surface area (Å²) in [6.45, 7) is 27.1. The molecule has 1 atom stereocenters. The highest BCUT2D eigenvalue weighted by Crippen LogP contribution is 2.36. The van der Waals surface area contributed by atoms with Gasteiger partial charge in [-0.15, -0.1) is 11.8 Å². The Morgan fingerprint density at radius 2 is 1.14 bits per heavy atom. The van der Waals surface area contributed by atoms with E-state index in [-0.39, 0.29) is 52.5 Å². The normalized spacial score (nSPS) is 14.9. The van der Waals surface area contributed by atoms with Gasteiger partial charge in [-0.3, -0.25) is 33.9 Å². The first kappa shape index (κ1) is 56.5. The van der Waals surface area contributed by atoms with Crippen molar-refractivity contribution in [1.82, 2.24) is 25.3 Å². The highest BCUT2D eigenvalue weighted by atomic mass is 32.2. The second-order valence-corrected chi connectivity index (χ2v) is 19.5. The van der Waals surface area contributed by atoms with Gasteiger partial charge in [0.05, 0.1) is 71.3 Å². The first-order valence-corrected chi connectivity index (χ1v) is 22.6. The number of imide groups is 1. The summed E-state index contributed by atoms with van der Waals surface area (Å²) < 4.78 is 31.9. The first-order valence-electron chi connectivity index (χ1n) is 20.8. The van der Waals surface area contributed by atoms with Crippen molar-refractivity contribution >= 4 is 47.2 Å². The second kappa shape index (κ2) is 33.1. The van der Waals surface area contributed by atoms with E-state index in [2.05, 4.69) is 75.8 Å². The highest BCUT2D eigenvalue weighted by Gasteiger charge is 2.42. The largest absolute Gasteiger partial charge is 0.382 e. The Morgan fingerprint density at radius 3 is 1.59 bits per heavy atom. The quantitative estimate of drug-likeness (QED) is 0.0715. The van der Waals surface area contributed by atoms with Gasteiger partial charge < -0.3 is 39.1 Å². The fraction of sp³-hybridized carbons (Fsp3) is 0.902. The van der Waals surface area contributed by atoms with Crippen molar-refractivity contribution < 1.29 is 47.6 Å². The molecule has 1 unspecified atom stereocenters. The minimum atomic E-state index is -0.406. The Balaban J connectivity index is 0.00000115. The molecule has 1 fully saturated rings. The van der Waals surface area contributed by atoms with Gasteiger partial charge in [-0.05, 0) is 67.6 Å². The van der Waals surface area contributed by atoms with Gasteiger partial charge in [-0.25, -0.2) is 0 Å². The molecule has 0 spiro atoms. The zero-order valence-corrected chi connectivity index (χ0v) is 39.7. The number of rotatable bonds is 34. The third kappa shape index (κ3) is 28.1. The van der Waals surface area contributed by atoms with Crippen LogP contribution in [0.4, 0.5) is 0 Å². The molecule has 0 saturated carbocycles. The number of thioether (sulfide) groups is 2. The van der Waals surface area contributed by atoms with Crippen LogP contribution in [0.2, 0.25) is 0 Å². The number of carbonyl (C=O) groups excluding carboxylic acids is 4. The van der Waals surface area contributed by atoms with Crippen molar-refractivity contribution in [2.75, 3.05) is 133 Å². The van der Waals surface area contributed by atoms with E-state index in [0.29, 0.717) is 84.6 Å². The molecule has 0 bridgehead atoms. The molecule has 1 rings (SSSR count). The van der Waals surface area contributed by atoms with Gasteiger partial charge in [0.2, 0.25) is 23.6 Å². The van der Waals surface area contributed by atoms with Crippen LogP contribution in [0.3, 0.4) is 0 Å². The van der Waals surface area contributed by atoms with Crippen LogP contribution < -0.4 is 10.6 Å². The van der Waals surface area contributed by atoms with Crippen LogP contribution in [0.15, 0.2) is 0 Å². The summed E-state index contributed by atoms with van der Waals surface area (Å²) >= 11 is 3.48. The van der Waals surface area contributed by atoms with E-state index in [4.69, 9.17) is 28.4 Å². The summed E-state index contributed by atoms with van der Waals surface area (Å²) in [6, 6.07) is 0.795. The average molecular weight is 868 g/mol. The Bertz CT molecular complexity index is 1120. The van der Waals surface area contributed by atoms with Crippen molar-refractivity contribution in [2.24, 2.45) is 0 Å². The fourth-order valence-electron chi connectivity index (χ4n) is 5.80. The van der Waals surface area contributed by atoms with Crippen LogP contribution in [0, 0.1) is 0 Å². The zero-order valence-electron chi connectivity index (χ0n) is 38.1. The molecule has 0 aromatic rings. The maximum absolute atomic E-state index is 12.8. The molecular formula is C41H81N5O10S2. The van der Waals surface area contributed by atoms with Crippen LogP contribution in [0.25, 0.3) is 0 Å². The van der Waals surface area contributed by atoms with Crippen LogP contribution >= 0.6 is 23.5 Å². The monoisotopic (exact) mass is 868 g/mol. The molecule has 0 aromatic carbocycles. The van der Waals surface area contributed by atoms with Crippen LogP contribution in [-0.2, 0) is 47.6 Å². The van der Waals surface area contributed by atoms with Gasteiger partial charge in [0.1, 0.15) is 0 Å². The number of likely N-dealkylation sites (tertiary alicyclic amines) is 1. The Hall–Kier alpha value is -1.54. The molecule has 4 amide bonds. The molecule has 342 valence electrons. The lowest BCUT2D eigenvalue weighted by Crippen LogP contribution is -2.44. The minimum absolute atomic E-state index is 0.121. The molecule has 17 heteroatoms. The minimum Gasteiger partial charge on any atom is -0.382 e. The van der Waals surface area contributed by atoms with Crippen molar-refractivity contribution in [1.29, 1.82) is 0 Å². The molecule has 15 nitrogen and oxygen atoms in total. The van der Waals surface area contributed by atoms with E-state index >= 15 is 0 Å². The van der Waals surface area contributed by atoms with E-state index in [0.717, 1.165) is 38.4 Å². The third-order valence-electron chi connectivity index (χ3n) is 9.11. The molecule has 0 radical (unpaired) electrons. The van der Waals surface area contributed by atoms with Crippen molar-refractivity contribution in [3.63, 3.8) is 0 Å². The van der Waals surface area contributed by atoms with Gasteiger partial charge in [0.25, 0.3) is 0 Å². The Morgan fingerprint density at radius 1 is 0.707 bits per heavy atom.